The van der Waals surface area contributed by atoms with E-state index in [0.29, 0.717) is 17.4 Å². The van der Waals surface area contributed by atoms with Gasteiger partial charge in [-0.2, -0.15) is 0 Å². The van der Waals surface area contributed by atoms with Crippen LogP contribution in [0.3, 0.4) is 0 Å². The molecule has 4 nitrogen and oxygen atoms in total. The highest BCUT2D eigenvalue weighted by Crippen LogP contribution is 2.28. The van der Waals surface area contributed by atoms with Crippen molar-refractivity contribution in [2.24, 2.45) is 5.92 Å². The highest BCUT2D eigenvalue weighted by molar-refractivity contribution is 7.89. The molecule has 1 aliphatic rings. The van der Waals surface area contributed by atoms with Gasteiger partial charge in [-0.15, -0.1) is 11.3 Å². The standard InChI is InChI=1S/C13H22N2O2S2/c1-10(11-5-3-4-6-11)15-19(16,17)13-7-12(8-14-2)18-9-13/h7,9-11,14-15H,3-6,8H2,1-2H3. The Morgan fingerprint density at radius 2 is 2.11 bits per heavy atom. The average Bonchev–Trinajstić information content (AvgIpc) is 2.99. The zero-order chi connectivity index (χ0) is 13.9. The van der Waals surface area contributed by atoms with Crippen molar-refractivity contribution in [3.8, 4) is 0 Å². The summed E-state index contributed by atoms with van der Waals surface area (Å²) in [4.78, 5) is 1.43. The van der Waals surface area contributed by atoms with Gasteiger partial charge in [0.05, 0.1) is 4.90 Å². The first-order valence-corrected chi connectivity index (χ1v) is 9.13. The van der Waals surface area contributed by atoms with Gasteiger partial charge in [0.15, 0.2) is 0 Å². The minimum absolute atomic E-state index is 0.0279. The first-order valence-electron chi connectivity index (χ1n) is 6.77. The summed E-state index contributed by atoms with van der Waals surface area (Å²) < 4.78 is 27.4. The maximum atomic E-state index is 12.3. The number of rotatable bonds is 6. The van der Waals surface area contributed by atoms with E-state index in [9.17, 15) is 8.42 Å². The third-order valence-electron chi connectivity index (χ3n) is 3.74. The van der Waals surface area contributed by atoms with Crippen molar-refractivity contribution >= 4 is 21.4 Å². The molecule has 0 aliphatic heterocycles. The summed E-state index contributed by atoms with van der Waals surface area (Å²) in [6.45, 7) is 2.69. The Morgan fingerprint density at radius 3 is 2.74 bits per heavy atom. The number of sulfonamides is 1. The third-order valence-corrected chi connectivity index (χ3v) is 6.36. The Morgan fingerprint density at radius 1 is 1.42 bits per heavy atom. The van der Waals surface area contributed by atoms with Crippen molar-refractivity contribution < 1.29 is 8.42 Å². The second-order valence-corrected chi connectivity index (χ2v) is 7.94. The Balaban J connectivity index is 2.03. The molecular weight excluding hydrogens is 280 g/mol. The maximum Gasteiger partial charge on any atom is 0.241 e. The second-order valence-electron chi connectivity index (χ2n) is 5.23. The Bertz CT molecular complexity index is 504. The van der Waals surface area contributed by atoms with Gasteiger partial charge in [0.2, 0.25) is 10.0 Å². The molecule has 0 bridgehead atoms. The van der Waals surface area contributed by atoms with E-state index in [2.05, 4.69) is 10.0 Å². The molecule has 2 rings (SSSR count). The maximum absolute atomic E-state index is 12.3. The molecule has 1 aromatic heterocycles. The van der Waals surface area contributed by atoms with Crippen LogP contribution in [-0.2, 0) is 16.6 Å². The van der Waals surface area contributed by atoms with Crippen LogP contribution in [0.4, 0.5) is 0 Å². The lowest BCUT2D eigenvalue weighted by molar-refractivity contribution is 0.424. The van der Waals surface area contributed by atoms with Gasteiger partial charge < -0.3 is 5.32 Å². The molecule has 1 atom stereocenters. The zero-order valence-corrected chi connectivity index (χ0v) is 13.1. The molecule has 0 radical (unpaired) electrons. The summed E-state index contributed by atoms with van der Waals surface area (Å²) in [5.74, 6) is 0.491. The zero-order valence-electron chi connectivity index (χ0n) is 11.5. The van der Waals surface area contributed by atoms with Crippen molar-refractivity contribution in [2.75, 3.05) is 7.05 Å². The summed E-state index contributed by atoms with van der Waals surface area (Å²) in [5.41, 5.74) is 0. The van der Waals surface area contributed by atoms with Crippen LogP contribution in [0.2, 0.25) is 0 Å². The third kappa shape index (κ3) is 3.78. The van der Waals surface area contributed by atoms with Gasteiger partial charge in [-0.05, 0) is 38.8 Å². The lowest BCUT2D eigenvalue weighted by Crippen LogP contribution is -2.37. The molecule has 1 saturated carbocycles. The van der Waals surface area contributed by atoms with Gasteiger partial charge in [-0.1, -0.05) is 12.8 Å². The fourth-order valence-electron chi connectivity index (χ4n) is 2.63. The SMILES string of the molecule is CNCc1cc(S(=O)(=O)NC(C)C2CCCC2)cs1. The molecule has 0 saturated heterocycles. The molecule has 19 heavy (non-hydrogen) atoms. The van der Waals surface area contributed by atoms with Crippen molar-refractivity contribution in [3.63, 3.8) is 0 Å². The van der Waals surface area contributed by atoms with Crippen molar-refractivity contribution in [3.05, 3.63) is 16.3 Å². The first-order chi connectivity index (χ1) is 9.03. The van der Waals surface area contributed by atoms with Gasteiger partial charge in [0, 0.05) is 22.8 Å². The lowest BCUT2D eigenvalue weighted by atomic mass is 10.0. The largest absolute Gasteiger partial charge is 0.315 e. The second kappa shape index (κ2) is 6.35. The number of nitrogens with one attached hydrogen (secondary N) is 2. The summed E-state index contributed by atoms with van der Waals surface area (Å²) >= 11 is 1.48. The Kier molecular flexibility index (Phi) is 5.00. The molecule has 2 N–H and O–H groups in total. The molecule has 1 heterocycles. The molecule has 1 unspecified atom stereocenters. The summed E-state index contributed by atoms with van der Waals surface area (Å²) in [7, 11) is -1.51. The van der Waals surface area contributed by atoms with Crippen molar-refractivity contribution in [1.82, 2.24) is 10.0 Å². The van der Waals surface area contributed by atoms with Gasteiger partial charge in [-0.3, -0.25) is 0 Å². The molecule has 6 heteroatoms. The number of thiophene rings is 1. The molecular formula is C13H22N2O2S2. The van der Waals surface area contributed by atoms with E-state index in [1.165, 1.54) is 24.2 Å². The fraction of sp³-hybridized carbons (Fsp3) is 0.692. The predicted molar refractivity (Wildman–Crippen MR) is 78.8 cm³/mol. The van der Waals surface area contributed by atoms with E-state index in [1.54, 1.807) is 11.4 Å². The van der Waals surface area contributed by atoms with Gasteiger partial charge in [-0.25, -0.2) is 13.1 Å². The Labute approximate surface area is 119 Å². The van der Waals surface area contributed by atoms with Crippen molar-refractivity contribution in [1.29, 1.82) is 0 Å². The highest BCUT2D eigenvalue weighted by Gasteiger charge is 2.26. The van der Waals surface area contributed by atoms with E-state index in [1.807, 2.05) is 14.0 Å². The molecule has 1 aromatic rings. The molecule has 0 amide bonds. The quantitative estimate of drug-likeness (QED) is 0.848. The average molecular weight is 302 g/mol. The van der Waals surface area contributed by atoms with Crippen LogP contribution in [0.25, 0.3) is 0 Å². The molecule has 1 fully saturated rings. The van der Waals surface area contributed by atoms with Gasteiger partial charge >= 0.3 is 0 Å². The van der Waals surface area contributed by atoms with Crippen LogP contribution in [-0.4, -0.2) is 21.5 Å². The Hall–Kier alpha value is -0.430. The van der Waals surface area contributed by atoms with Crippen LogP contribution >= 0.6 is 11.3 Å². The van der Waals surface area contributed by atoms with E-state index >= 15 is 0 Å². The minimum Gasteiger partial charge on any atom is -0.315 e. The first kappa shape index (κ1) is 15.0. The van der Waals surface area contributed by atoms with E-state index in [4.69, 9.17) is 0 Å². The van der Waals surface area contributed by atoms with E-state index in [0.717, 1.165) is 17.7 Å². The smallest absolute Gasteiger partial charge is 0.241 e. The molecule has 108 valence electrons. The molecule has 0 aromatic carbocycles. The summed E-state index contributed by atoms with van der Waals surface area (Å²) in [6.07, 6.45) is 4.72. The molecule has 0 spiro atoms. The summed E-state index contributed by atoms with van der Waals surface area (Å²) in [5, 5.41) is 4.75. The van der Waals surface area contributed by atoms with Crippen LogP contribution in [0, 0.1) is 5.92 Å². The normalized spacial score (nSPS) is 18.8. The topological polar surface area (TPSA) is 58.2 Å². The number of hydrogen-bond acceptors (Lipinski definition) is 4. The van der Waals surface area contributed by atoms with Crippen molar-refractivity contribution in [2.45, 2.75) is 50.1 Å². The van der Waals surface area contributed by atoms with Crippen LogP contribution < -0.4 is 10.0 Å². The summed E-state index contributed by atoms with van der Waals surface area (Å²) in [6, 6.07) is 1.78. The molecule has 1 aliphatic carbocycles. The van der Waals surface area contributed by atoms with Gasteiger partial charge in [0.1, 0.15) is 0 Å². The van der Waals surface area contributed by atoms with Crippen LogP contribution in [0.5, 0.6) is 0 Å². The van der Waals surface area contributed by atoms with Gasteiger partial charge in [0.25, 0.3) is 0 Å². The fourth-order valence-corrected chi connectivity index (χ4v) is 5.23. The monoisotopic (exact) mass is 302 g/mol. The highest BCUT2D eigenvalue weighted by atomic mass is 32.2. The van der Waals surface area contributed by atoms with Crippen LogP contribution in [0.15, 0.2) is 16.3 Å². The minimum atomic E-state index is -3.36. The lowest BCUT2D eigenvalue weighted by Gasteiger charge is -2.19. The number of hydrogen-bond donors (Lipinski definition) is 2. The predicted octanol–water partition coefficient (Wildman–Crippen LogP) is 2.32. The van der Waals surface area contributed by atoms with Crippen LogP contribution in [0.1, 0.15) is 37.5 Å². The van der Waals surface area contributed by atoms with E-state index < -0.39 is 10.0 Å². The van der Waals surface area contributed by atoms with E-state index in [-0.39, 0.29) is 6.04 Å².